The first kappa shape index (κ1) is 17.3. The van der Waals surface area contributed by atoms with Crippen molar-refractivity contribution in [1.82, 2.24) is 0 Å². The molecule has 1 heterocycles. The van der Waals surface area contributed by atoms with Crippen LogP contribution in [0.5, 0.6) is 0 Å². The Balaban J connectivity index is 1.84. The zero-order valence-corrected chi connectivity index (χ0v) is 15.0. The Morgan fingerprint density at radius 3 is 2.63 bits per heavy atom. The van der Waals surface area contributed by atoms with Crippen molar-refractivity contribution in [2.75, 3.05) is 11.9 Å². The summed E-state index contributed by atoms with van der Waals surface area (Å²) in [6.45, 7) is 2.09. The lowest BCUT2D eigenvalue weighted by atomic mass is 9.75. The maximum Gasteiger partial charge on any atom is 0.340 e. The van der Waals surface area contributed by atoms with E-state index in [2.05, 4.69) is 17.5 Å². The Morgan fingerprint density at radius 1 is 1.11 bits per heavy atom. The van der Waals surface area contributed by atoms with Crippen LogP contribution in [0.2, 0.25) is 0 Å². The summed E-state index contributed by atoms with van der Waals surface area (Å²) in [6, 6.07) is 12.5. The molecule has 2 aliphatic rings. The molecule has 5 nitrogen and oxygen atoms in total. The van der Waals surface area contributed by atoms with Crippen LogP contribution in [0.25, 0.3) is 0 Å². The normalized spacial score (nSPS) is 22.5. The number of carboxylic acids is 1. The molecule has 4 rings (SSSR count). The van der Waals surface area contributed by atoms with Gasteiger partial charge in [-0.2, -0.15) is 0 Å². The topological polar surface area (TPSA) is 75.6 Å². The molecular formula is C22H21NO4. The standard InChI is InChI=1S/C22H21NO4/c1-2-27-22(26)18-12-6-11-15-13-9-5-10-14(13)19(23-20(15)18)16-7-3-4-8-17(16)21(24)25/h3-9,11-14,19,23H,2,10H2,1H3,(H,24,25)/t13-,14-,19-/m0/s1. The van der Waals surface area contributed by atoms with Crippen molar-refractivity contribution in [3.05, 3.63) is 76.9 Å². The molecule has 2 aromatic rings. The monoisotopic (exact) mass is 363 g/mol. The number of anilines is 1. The smallest absolute Gasteiger partial charge is 0.340 e. The number of allylic oxidation sites excluding steroid dienone is 2. The van der Waals surface area contributed by atoms with Gasteiger partial charge in [0.15, 0.2) is 0 Å². The molecule has 0 saturated heterocycles. The minimum Gasteiger partial charge on any atom is -0.478 e. The average Bonchev–Trinajstić information content (AvgIpc) is 3.17. The molecular weight excluding hydrogens is 342 g/mol. The lowest BCUT2D eigenvalue weighted by Crippen LogP contribution is -2.31. The zero-order valence-electron chi connectivity index (χ0n) is 15.0. The highest BCUT2D eigenvalue weighted by atomic mass is 16.5. The van der Waals surface area contributed by atoms with Crippen LogP contribution in [0.4, 0.5) is 5.69 Å². The Kier molecular flexibility index (Phi) is 4.44. The lowest BCUT2D eigenvalue weighted by molar-refractivity contribution is 0.0526. The van der Waals surface area contributed by atoms with Gasteiger partial charge in [0.2, 0.25) is 0 Å². The molecule has 5 heteroatoms. The number of carboxylic acid groups (broad SMARTS) is 1. The molecule has 138 valence electrons. The first-order valence-electron chi connectivity index (χ1n) is 9.17. The minimum atomic E-state index is -0.945. The summed E-state index contributed by atoms with van der Waals surface area (Å²) in [5.41, 5.74) is 3.33. The summed E-state index contributed by atoms with van der Waals surface area (Å²) in [5.74, 6) is -0.968. The van der Waals surface area contributed by atoms with Crippen LogP contribution in [0.3, 0.4) is 0 Å². The highest BCUT2D eigenvalue weighted by Crippen LogP contribution is 2.51. The van der Waals surface area contributed by atoms with E-state index in [-0.39, 0.29) is 29.4 Å². The van der Waals surface area contributed by atoms with Gasteiger partial charge in [-0.1, -0.05) is 42.5 Å². The SMILES string of the molecule is CCOC(=O)c1cccc2c1N[C@H](c1ccccc1C(=O)O)[C@H]1CC=C[C@H]21. The second-order valence-electron chi connectivity index (χ2n) is 6.86. The number of carbonyl (C=O) groups excluding carboxylic acids is 1. The van der Waals surface area contributed by atoms with Crippen molar-refractivity contribution in [3.8, 4) is 0 Å². The molecule has 2 N–H and O–H groups in total. The van der Waals surface area contributed by atoms with Gasteiger partial charge in [0.05, 0.1) is 29.5 Å². The fourth-order valence-electron chi connectivity index (χ4n) is 4.27. The Labute approximate surface area is 157 Å². The van der Waals surface area contributed by atoms with Gasteiger partial charge < -0.3 is 15.2 Å². The van der Waals surface area contributed by atoms with Gasteiger partial charge in [-0.05, 0) is 42.5 Å². The van der Waals surface area contributed by atoms with E-state index in [0.29, 0.717) is 12.2 Å². The van der Waals surface area contributed by atoms with E-state index in [1.165, 1.54) is 0 Å². The molecule has 0 saturated carbocycles. The molecule has 1 aliphatic heterocycles. The molecule has 1 aliphatic carbocycles. The van der Waals surface area contributed by atoms with Gasteiger partial charge in [-0.15, -0.1) is 0 Å². The van der Waals surface area contributed by atoms with E-state index in [1.54, 1.807) is 25.1 Å². The third-order valence-electron chi connectivity index (χ3n) is 5.42. The number of rotatable bonds is 4. The van der Waals surface area contributed by atoms with E-state index in [9.17, 15) is 14.7 Å². The summed E-state index contributed by atoms with van der Waals surface area (Å²) in [6.07, 6.45) is 5.16. The lowest BCUT2D eigenvalue weighted by Gasteiger charge is -2.38. The number of aromatic carboxylic acids is 1. The molecule has 0 radical (unpaired) electrons. The predicted molar refractivity (Wildman–Crippen MR) is 102 cm³/mol. The largest absolute Gasteiger partial charge is 0.478 e. The Bertz CT molecular complexity index is 934. The van der Waals surface area contributed by atoms with Crippen molar-refractivity contribution in [2.45, 2.75) is 25.3 Å². The van der Waals surface area contributed by atoms with Crippen LogP contribution >= 0.6 is 0 Å². The van der Waals surface area contributed by atoms with E-state index in [0.717, 1.165) is 23.2 Å². The second kappa shape index (κ2) is 6.91. The van der Waals surface area contributed by atoms with Gasteiger partial charge >= 0.3 is 11.9 Å². The number of hydrogen-bond acceptors (Lipinski definition) is 4. The number of nitrogens with one attached hydrogen (secondary N) is 1. The molecule has 0 bridgehead atoms. The fraction of sp³-hybridized carbons (Fsp3) is 0.273. The van der Waals surface area contributed by atoms with Crippen LogP contribution in [-0.4, -0.2) is 23.7 Å². The Morgan fingerprint density at radius 2 is 1.85 bits per heavy atom. The quantitative estimate of drug-likeness (QED) is 0.622. The number of fused-ring (bicyclic) bond motifs is 3. The van der Waals surface area contributed by atoms with E-state index < -0.39 is 5.97 Å². The van der Waals surface area contributed by atoms with E-state index in [4.69, 9.17) is 4.74 Å². The second-order valence-corrected chi connectivity index (χ2v) is 6.86. The summed E-state index contributed by atoms with van der Waals surface area (Å²) in [5, 5.41) is 13.1. The third-order valence-corrected chi connectivity index (χ3v) is 5.42. The first-order chi connectivity index (χ1) is 13.1. The average molecular weight is 363 g/mol. The van der Waals surface area contributed by atoms with Crippen LogP contribution in [0.15, 0.2) is 54.6 Å². The number of ether oxygens (including phenoxy) is 1. The van der Waals surface area contributed by atoms with Gasteiger partial charge in [0.1, 0.15) is 0 Å². The number of carbonyl (C=O) groups is 2. The molecule has 0 fully saturated rings. The van der Waals surface area contributed by atoms with Crippen LogP contribution in [0.1, 0.15) is 57.1 Å². The Hall–Kier alpha value is -3.08. The highest BCUT2D eigenvalue weighted by molar-refractivity contribution is 5.97. The summed E-state index contributed by atoms with van der Waals surface area (Å²) < 4.78 is 5.22. The number of benzene rings is 2. The van der Waals surface area contributed by atoms with Crippen molar-refractivity contribution in [3.63, 3.8) is 0 Å². The number of para-hydroxylation sites is 1. The van der Waals surface area contributed by atoms with Crippen molar-refractivity contribution in [1.29, 1.82) is 0 Å². The maximum atomic E-state index is 12.5. The van der Waals surface area contributed by atoms with Gasteiger partial charge in [-0.3, -0.25) is 0 Å². The molecule has 3 atom stereocenters. The summed E-state index contributed by atoms with van der Waals surface area (Å²) in [4.78, 5) is 24.2. The van der Waals surface area contributed by atoms with Crippen LogP contribution in [-0.2, 0) is 4.74 Å². The van der Waals surface area contributed by atoms with Crippen molar-refractivity contribution < 1.29 is 19.4 Å². The number of esters is 1. The predicted octanol–water partition coefficient (Wildman–Crippen LogP) is 4.39. The molecule has 0 spiro atoms. The molecule has 0 unspecified atom stereocenters. The van der Waals surface area contributed by atoms with E-state index >= 15 is 0 Å². The fourth-order valence-corrected chi connectivity index (χ4v) is 4.27. The summed E-state index contributed by atoms with van der Waals surface area (Å²) >= 11 is 0. The van der Waals surface area contributed by atoms with Crippen molar-refractivity contribution in [2.24, 2.45) is 5.92 Å². The zero-order chi connectivity index (χ0) is 19.0. The molecule has 0 amide bonds. The van der Waals surface area contributed by atoms with Crippen LogP contribution in [0, 0.1) is 5.92 Å². The third kappa shape index (κ3) is 2.89. The van der Waals surface area contributed by atoms with E-state index in [1.807, 2.05) is 24.3 Å². The van der Waals surface area contributed by atoms with Crippen LogP contribution < -0.4 is 5.32 Å². The van der Waals surface area contributed by atoms with Crippen molar-refractivity contribution >= 4 is 17.6 Å². The molecule has 2 aromatic carbocycles. The van der Waals surface area contributed by atoms with Gasteiger partial charge in [0, 0.05) is 5.92 Å². The first-order valence-corrected chi connectivity index (χ1v) is 9.17. The maximum absolute atomic E-state index is 12.5. The highest BCUT2D eigenvalue weighted by Gasteiger charge is 2.40. The van der Waals surface area contributed by atoms with Gasteiger partial charge in [-0.25, -0.2) is 9.59 Å². The minimum absolute atomic E-state index is 0.141. The molecule has 0 aromatic heterocycles. The van der Waals surface area contributed by atoms with Gasteiger partial charge in [0.25, 0.3) is 0 Å². The molecule has 27 heavy (non-hydrogen) atoms. The summed E-state index contributed by atoms with van der Waals surface area (Å²) in [7, 11) is 0. The number of hydrogen-bond donors (Lipinski definition) is 2.